The van der Waals surface area contributed by atoms with Crippen molar-refractivity contribution >= 4 is 17.7 Å². The van der Waals surface area contributed by atoms with Gasteiger partial charge in [-0.1, -0.05) is 0 Å². The lowest BCUT2D eigenvalue weighted by Crippen LogP contribution is -2.43. The number of aliphatic carboxylic acids is 1. The van der Waals surface area contributed by atoms with Crippen molar-refractivity contribution < 1.29 is 33.0 Å². The number of carboxylic acid groups (broad SMARTS) is 1. The molecule has 6 nitrogen and oxygen atoms in total. The quantitative estimate of drug-likeness (QED) is 0.715. The maximum Gasteiger partial charge on any atom is 0.326 e. The fourth-order valence-corrected chi connectivity index (χ4v) is 2.08. The van der Waals surface area contributed by atoms with Crippen molar-refractivity contribution in [3.05, 3.63) is 29.6 Å². The summed E-state index contributed by atoms with van der Waals surface area (Å²) in [5, 5.41) is 20.3. The molecule has 21 heavy (non-hydrogen) atoms. The van der Waals surface area contributed by atoms with E-state index in [0.717, 1.165) is 11.0 Å². The zero-order chi connectivity index (χ0) is 15.7. The Hall–Kier alpha value is -2.29. The van der Waals surface area contributed by atoms with Gasteiger partial charge in [0.05, 0.1) is 11.8 Å². The van der Waals surface area contributed by atoms with E-state index in [4.69, 9.17) is 5.11 Å². The second-order valence-electron chi connectivity index (χ2n) is 4.55. The van der Waals surface area contributed by atoms with E-state index in [1.165, 1.54) is 0 Å². The van der Waals surface area contributed by atoms with Crippen molar-refractivity contribution in [1.82, 2.24) is 4.90 Å². The zero-order valence-corrected chi connectivity index (χ0v) is 10.5. The summed E-state index contributed by atoms with van der Waals surface area (Å²) in [6.07, 6.45) is -1.19. The van der Waals surface area contributed by atoms with Crippen molar-refractivity contribution in [3.8, 4) is 0 Å². The number of carbonyl (C=O) groups is 2. The number of carbonyl (C=O) groups excluding carboxylic acids is 1. The van der Waals surface area contributed by atoms with E-state index < -0.39 is 47.3 Å². The SMILES string of the molecule is O=C(O)[C@@H]1C[C@H](O)CN1C(=O)Nc1ccc(F)c(F)c1F. The number of likely N-dealkylation sites (tertiary alicyclic amines) is 1. The Morgan fingerprint density at radius 1 is 1.24 bits per heavy atom. The molecule has 1 aromatic rings. The van der Waals surface area contributed by atoms with Crippen LogP contribution in [0.4, 0.5) is 23.7 Å². The van der Waals surface area contributed by atoms with E-state index in [-0.39, 0.29) is 13.0 Å². The second kappa shape index (κ2) is 5.60. The average molecular weight is 304 g/mol. The minimum absolute atomic E-state index is 0.164. The standard InChI is InChI=1S/C12H11F3N2O4/c13-6-1-2-7(10(15)9(6)14)16-12(21)17-4-5(18)3-8(17)11(19)20/h1-2,5,8,18H,3-4H2,(H,16,21)(H,19,20)/t5-,8-/m0/s1. The van der Waals surface area contributed by atoms with Crippen LogP contribution in [0.25, 0.3) is 0 Å². The van der Waals surface area contributed by atoms with Crippen LogP contribution in [-0.4, -0.2) is 45.8 Å². The van der Waals surface area contributed by atoms with Crippen LogP contribution in [0.3, 0.4) is 0 Å². The number of nitrogens with one attached hydrogen (secondary N) is 1. The van der Waals surface area contributed by atoms with E-state index in [9.17, 15) is 27.9 Å². The summed E-state index contributed by atoms with van der Waals surface area (Å²) < 4.78 is 39.2. The third-order valence-corrected chi connectivity index (χ3v) is 3.10. The highest BCUT2D eigenvalue weighted by Gasteiger charge is 2.39. The molecule has 0 saturated carbocycles. The van der Waals surface area contributed by atoms with Crippen LogP contribution in [-0.2, 0) is 4.79 Å². The van der Waals surface area contributed by atoms with Gasteiger partial charge in [0.25, 0.3) is 0 Å². The Balaban J connectivity index is 2.18. The summed E-state index contributed by atoms with van der Waals surface area (Å²) in [6.45, 7) is -0.256. The number of urea groups is 1. The summed E-state index contributed by atoms with van der Waals surface area (Å²) in [7, 11) is 0. The molecule has 2 amide bonds. The molecule has 3 N–H and O–H groups in total. The number of amides is 2. The molecule has 1 aliphatic rings. The minimum atomic E-state index is -1.75. The van der Waals surface area contributed by atoms with Crippen LogP contribution in [0, 0.1) is 17.5 Å². The van der Waals surface area contributed by atoms with E-state index >= 15 is 0 Å². The van der Waals surface area contributed by atoms with Gasteiger partial charge >= 0.3 is 12.0 Å². The number of benzene rings is 1. The van der Waals surface area contributed by atoms with Gasteiger partial charge in [-0.3, -0.25) is 0 Å². The Morgan fingerprint density at radius 2 is 1.90 bits per heavy atom. The Morgan fingerprint density at radius 3 is 2.52 bits per heavy atom. The monoisotopic (exact) mass is 304 g/mol. The zero-order valence-electron chi connectivity index (χ0n) is 10.5. The first-order chi connectivity index (χ1) is 9.81. The van der Waals surface area contributed by atoms with Crippen molar-refractivity contribution in [1.29, 1.82) is 0 Å². The highest BCUT2D eigenvalue weighted by Crippen LogP contribution is 2.23. The van der Waals surface area contributed by atoms with Crippen molar-refractivity contribution in [2.24, 2.45) is 0 Å². The number of aliphatic hydroxyl groups is 1. The molecule has 1 aromatic carbocycles. The molecular weight excluding hydrogens is 293 g/mol. The summed E-state index contributed by atoms with van der Waals surface area (Å²) in [5.74, 6) is -6.07. The summed E-state index contributed by atoms with van der Waals surface area (Å²) in [6, 6.07) is -0.854. The summed E-state index contributed by atoms with van der Waals surface area (Å²) >= 11 is 0. The highest BCUT2D eigenvalue weighted by molar-refractivity contribution is 5.92. The topological polar surface area (TPSA) is 89.9 Å². The van der Waals surface area contributed by atoms with Crippen LogP contribution in [0.1, 0.15) is 6.42 Å². The van der Waals surface area contributed by atoms with Gasteiger partial charge < -0.3 is 20.4 Å². The fourth-order valence-electron chi connectivity index (χ4n) is 2.08. The summed E-state index contributed by atoms with van der Waals surface area (Å²) in [5.41, 5.74) is -0.621. The molecule has 0 unspecified atom stereocenters. The number of nitrogens with zero attached hydrogens (tertiary/aromatic N) is 1. The van der Waals surface area contributed by atoms with E-state index in [1.807, 2.05) is 5.32 Å². The Bertz CT molecular complexity index is 596. The van der Waals surface area contributed by atoms with Gasteiger partial charge in [-0.05, 0) is 12.1 Å². The van der Waals surface area contributed by atoms with E-state index in [0.29, 0.717) is 6.07 Å². The first-order valence-electron chi connectivity index (χ1n) is 5.93. The number of anilines is 1. The van der Waals surface area contributed by atoms with E-state index in [2.05, 4.69) is 0 Å². The van der Waals surface area contributed by atoms with Gasteiger partial charge in [0, 0.05) is 13.0 Å². The van der Waals surface area contributed by atoms with Crippen LogP contribution >= 0.6 is 0 Å². The van der Waals surface area contributed by atoms with Crippen molar-refractivity contribution in [2.45, 2.75) is 18.6 Å². The van der Waals surface area contributed by atoms with Gasteiger partial charge in [0.15, 0.2) is 17.5 Å². The molecule has 0 radical (unpaired) electrons. The predicted molar refractivity (Wildman–Crippen MR) is 64.1 cm³/mol. The third kappa shape index (κ3) is 2.92. The third-order valence-electron chi connectivity index (χ3n) is 3.10. The normalized spacial score (nSPS) is 21.4. The Labute approximate surface area is 116 Å². The first kappa shape index (κ1) is 15.1. The van der Waals surface area contributed by atoms with Crippen molar-refractivity contribution in [2.75, 3.05) is 11.9 Å². The smallest absolute Gasteiger partial charge is 0.326 e. The molecule has 1 saturated heterocycles. The number of carboxylic acids is 1. The van der Waals surface area contributed by atoms with E-state index in [1.54, 1.807) is 0 Å². The minimum Gasteiger partial charge on any atom is -0.480 e. The number of β-amino-alcohol motifs (C(OH)–C–C–N with tert-alkyl or cyclic N) is 1. The molecule has 1 aliphatic heterocycles. The predicted octanol–water partition coefficient (Wildman–Crippen LogP) is 1.16. The number of halogens is 3. The number of rotatable bonds is 2. The molecule has 0 aromatic heterocycles. The molecule has 2 rings (SSSR count). The molecule has 114 valence electrons. The van der Waals surface area contributed by atoms with Crippen molar-refractivity contribution in [3.63, 3.8) is 0 Å². The van der Waals surface area contributed by atoms with Gasteiger partial charge in [-0.25, -0.2) is 22.8 Å². The average Bonchev–Trinajstić information content (AvgIpc) is 2.82. The lowest BCUT2D eigenvalue weighted by molar-refractivity contribution is -0.141. The van der Waals surface area contributed by atoms with Gasteiger partial charge in [-0.2, -0.15) is 0 Å². The Kier molecular flexibility index (Phi) is 4.03. The molecule has 1 heterocycles. The van der Waals surface area contributed by atoms with Crippen LogP contribution in [0.15, 0.2) is 12.1 Å². The lowest BCUT2D eigenvalue weighted by atomic mass is 10.2. The van der Waals surface area contributed by atoms with Gasteiger partial charge in [0.1, 0.15) is 6.04 Å². The maximum atomic E-state index is 13.4. The number of hydrogen-bond acceptors (Lipinski definition) is 3. The summed E-state index contributed by atoms with van der Waals surface area (Å²) in [4.78, 5) is 23.6. The first-order valence-corrected chi connectivity index (χ1v) is 5.93. The van der Waals surface area contributed by atoms with Gasteiger partial charge in [0.2, 0.25) is 0 Å². The van der Waals surface area contributed by atoms with Gasteiger partial charge in [-0.15, -0.1) is 0 Å². The van der Waals surface area contributed by atoms with Crippen LogP contribution < -0.4 is 5.32 Å². The molecular formula is C12H11F3N2O4. The number of aliphatic hydroxyl groups excluding tert-OH is 1. The molecule has 9 heteroatoms. The highest BCUT2D eigenvalue weighted by atomic mass is 19.2. The lowest BCUT2D eigenvalue weighted by Gasteiger charge is -2.21. The number of hydrogen-bond donors (Lipinski definition) is 3. The fraction of sp³-hybridized carbons (Fsp3) is 0.333. The second-order valence-corrected chi connectivity index (χ2v) is 4.55. The molecule has 2 atom stereocenters. The largest absolute Gasteiger partial charge is 0.480 e. The molecule has 0 spiro atoms. The molecule has 0 aliphatic carbocycles. The maximum absolute atomic E-state index is 13.4. The van der Waals surface area contributed by atoms with Crippen LogP contribution in [0.5, 0.6) is 0 Å². The molecule has 0 bridgehead atoms. The van der Waals surface area contributed by atoms with Crippen LogP contribution in [0.2, 0.25) is 0 Å². The molecule has 1 fully saturated rings.